The molecule has 0 aromatic heterocycles. The van der Waals surface area contributed by atoms with Crippen LogP contribution in [0.2, 0.25) is 0 Å². The van der Waals surface area contributed by atoms with Crippen LogP contribution in [0.15, 0.2) is 78.9 Å². The minimum atomic E-state index is -3.95. The van der Waals surface area contributed by atoms with Crippen molar-refractivity contribution in [2.75, 3.05) is 23.7 Å². The van der Waals surface area contributed by atoms with Crippen molar-refractivity contribution in [3.63, 3.8) is 0 Å². The molecule has 3 aromatic carbocycles. The van der Waals surface area contributed by atoms with Gasteiger partial charge in [0, 0.05) is 19.5 Å². The van der Waals surface area contributed by atoms with Gasteiger partial charge in [-0.05, 0) is 53.4 Å². The first kappa shape index (κ1) is 29.8. The largest absolute Gasteiger partial charge is 0.354 e. The van der Waals surface area contributed by atoms with Gasteiger partial charge < -0.3 is 10.2 Å². The molecule has 1 N–H and O–H groups in total. The highest BCUT2D eigenvalue weighted by Gasteiger charge is 2.33. The predicted molar refractivity (Wildman–Crippen MR) is 147 cm³/mol. The van der Waals surface area contributed by atoms with Crippen LogP contribution in [0.4, 0.5) is 14.5 Å². The molecule has 0 aliphatic heterocycles. The Morgan fingerprint density at radius 1 is 0.846 bits per heavy atom. The SMILES string of the molecule is CC(C)CNC(=O)C(Cc1ccccc1)N(Cc1ccc(F)cc1)C(=O)CN(c1ccc(F)cc1)S(C)(=O)=O. The maximum atomic E-state index is 13.9. The Balaban J connectivity index is 2.03. The molecule has 0 bridgehead atoms. The molecule has 0 heterocycles. The molecule has 0 spiro atoms. The fraction of sp³-hybridized carbons (Fsp3) is 0.310. The van der Waals surface area contributed by atoms with Crippen molar-refractivity contribution in [1.82, 2.24) is 10.2 Å². The molecule has 2 amide bonds. The smallest absolute Gasteiger partial charge is 0.244 e. The third-order valence-electron chi connectivity index (χ3n) is 6.02. The van der Waals surface area contributed by atoms with E-state index in [0.717, 1.165) is 28.3 Å². The van der Waals surface area contributed by atoms with E-state index in [1.54, 1.807) is 0 Å². The van der Waals surface area contributed by atoms with Crippen LogP contribution in [0.1, 0.15) is 25.0 Å². The summed E-state index contributed by atoms with van der Waals surface area (Å²) in [5.41, 5.74) is 1.47. The van der Waals surface area contributed by atoms with Gasteiger partial charge in [-0.15, -0.1) is 0 Å². The van der Waals surface area contributed by atoms with Crippen molar-refractivity contribution < 1.29 is 26.8 Å². The Hall–Kier alpha value is -3.79. The minimum absolute atomic E-state index is 0.0628. The van der Waals surface area contributed by atoms with Crippen LogP contribution in [0.25, 0.3) is 0 Å². The summed E-state index contributed by atoms with van der Waals surface area (Å²) in [5.74, 6) is -1.88. The maximum absolute atomic E-state index is 13.9. The van der Waals surface area contributed by atoms with E-state index in [1.165, 1.54) is 41.3 Å². The number of nitrogens with zero attached hydrogens (tertiary/aromatic N) is 2. The van der Waals surface area contributed by atoms with Crippen molar-refractivity contribution in [3.8, 4) is 0 Å². The molecule has 1 atom stereocenters. The molecule has 0 aliphatic rings. The average Bonchev–Trinajstić information content (AvgIpc) is 2.89. The van der Waals surface area contributed by atoms with Gasteiger partial charge in [0.2, 0.25) is 21.8 Å². The zero-order valence-corrected chi connectivity index (χ0v) is 23.0. The number of amides is 2. The Morgan fingerprint density at radius 2 is 1.41 bits per heavy atom. The van der Waals surface area contributed by atoms with Crippen molar-refractivity contribution in [2.24, 2.45) is 5.92 Å². The highest BCUT2D eigenvalue weighted by molar-refractivity contribution is 7.92. The van der Waals surface area contributed by atoms with Crippen LogP contribution in [0, 0.1) is 17.6 Å². The van der Waals surface area contributed by atoms with Gasteiger partial charge in [-0.1, -0.05) is 56.3 Å². The first-order valence-electron chi connectivity index (χ1n) is 12.5. The summed E-state index contributed by atoms with van der Waals surface area (Å²) in [6.07, 6.45) is 1.12. The second-order valence-electron chi connectivity index (χ2n) is 9.74. The Labute approximate surface area is 228 Å². The lowest BCUT2D eigenvalue weighted by molar-refractivity contribution is -0.140. The number of hydrogen-bond acceptors (Lipinski definition) is 4. The van der Waals surface area contributed by atoms with Crippen LogP contribution in [0.5, 0.6) is 0 Å². The number of rotatable bonds is 12. The van der Waals surface area contributed by atoms with Crippen molar-refractivity contribution in [2.45, 2.75) is 32.9 Å². The fourth-order valence-corrected chi connectivity index (χ4v) is 4.83. The first-order valence-corrected chi connectivity index (χ1v) is 14.4. The standard InChI is InChI=1S/C29H33F2N3O4S/c1-21(2)18-32-29(36)27(17-22-7-5-4-6-8-22)33(19-23-9-11-24(30)12-10-23)28(35)20-34(39(3,37)38)26-15-13-25(31)14-16-26/h4-16,21,27H,17-20H2,1-3H3,(H,32,36). The van der Waals surface area contributed by atoms with E-state index in [0.29, 0.717) is 12.1 Å². The topological polar surface area (TPSA) is 86.8 Å². The van der Waals surface area contributed by atoms with Gasteiger partial charge >= 0.3 is 0 Å². The third-order valence-corrected chi connectivity index (χ3v) is 7.16. The normalized spacial score (nSPS) is 12.2. The van der Waals surface area contributed by atoms with Crippen LogP contribution < -0.4 is 9.62 Å². The van der Waals surface area contributed by atoms with Crippen molar-refractivity contribution >= 4 is 27.5 Å². The molecule has 3 aromatic rings. The Bertz CT molecular complexity index is 1350. The van der Waals surface area contributed by atoms with Gasteiger partial charge in [0.1, 0.15) is 24.2 Å². The molecule has 7 nitrogen and oxygen atoms in total. The number of benzene rings is 3. The van der Waals surface area contributed by atoms with Crippen molar-refractivity contribution in [1.29, 1.82) is 0 Å². The molecular weight excluding hydrogens is 524 g/mol. The van der Waals surface area contributed by atoms with E-state index in [2.05, 4.69) is 5.32 Å². The molecule has 0 saturated carbocycles. The van der Waals surface area contributed by atoms with Gasteiger partial charge in [0.25, 0.3) is 0 Å². The monoisotopic (exact) mass is 557 g/mol. The van der Waals surface area contributed by atoms with Crippen LogP contribution in [-0.2, 0) is 32.6 Å². The lowest BCUT2D eigenvalue weighted by atomic mass is 10.0. The number of anilines is 1. The fourth-order valence-electron chi connectivity index (χ4n) is 3.98. The summed E-state index contributed by atoms with van der Waals surface area (Å²) in [5, 5.41) is 2.89. The number of carbonyl (C=O) groups is 2. The van der Waals surface area contributed by atoms with E-state index in [-0.39, 0.29) is 24.6 Å². The van der Waals surface area contributed by atoms with E-state index < -0.39 is 46.1 Å². The summed E-state index contributed by atoms with van der Waals surface area (Å²) in [6.45, 7) is 3.59. The number of sulfonamides is 1. The van der Waals surface area contributed by atoms with E-state index in [1.807, 2.05) is 44.2 Å². The minimum Gasteiger partial charge on any atom is -0.354 e. The molecule has 0 aliphatic carbocycles. The number of halogens is 2. The molecule has 0 fully saturated rings. The molecule has 3 rings (SSSR count). The van der Waals surface area contributed by atoms with Crippen LogP contribution in [-0.4, -0.2) is 50.5 Å². The van der Waals surface area contributed by atoms with Crippen LogP contribution in [0.3, 0.4) is 0 Å². The first-order chi connectivity index (χ1) is 18.4. The molecular formula is C29H33F2N3O4S. The quantitative estimate of drug-likeness (QED) is 0.363. The maximum Gasteiger partial charge on any atom is 0.244 e. The van der Waals surface area contributed by atoms with Gasteiger partial charge in [-0.2, -0.15) is 0 Å². The number of hydrogen-bond donors (Lipinski definition) is 1. The lowest BCUT2D eigenvalue weighted by Gasteiger charge is -2.33. The summed E-state index contributed by atoms with van der Waals surface area (Å²) in [7, 11) is -3.95. The van der Waals surface area contributed by atoms with E-state index >= 15 is 0 Å². The number of carbonyl (C=O) groups excluding carboxylic acids is 2. The molecule has 208 valence electrons. The molecule has 0 saturated heterocycles. The predicted octanol–water partition coefficient (Wildman–Crippen LogP) is 4.14. The highest BCUT2D eigenvalue weighted by Crippen LogP contribution is 2.21. The Morgan fingerprint density at radius 3 is 1.95 bits per heavy atom. The summed E-state index contributed by atoms with van der Waals surface area (Å²) >= 11 is 0. The highest BCUT2D eigenvalue weighted by atomic mass is 32.2. The molecule has 10 heteroatoms. The summed E-state index contributed by atoms with van der Waals surface area (Å²) in [4.78, 5) is 28.7. The second-order valence-corrected chi connectivity index (χ2v) is 11.6. The molecule has 39 heavy (non-hydrogen) atoms. The van der Waals surface area contributed by atoms with Gasteiger partial charge in [0.15, 0.2) is 0 Å². The molecule has 1 unspecified atom stereocenters. The summed E-state index contributed by atoms with van der Waals surface area (Å²) in [6, 6.07) is 18.4. The second kappa shape index (κ2) is 13.3. The molecule has 0 radical (unpaired) electrons. The zero-order valence-electron chi connectivity index (χ0n) is 22.2. The van der Waals surface area contributed by atoms with Gasteiger partial charge in [-0.3, -0.25) is 13.9 Å². The van der Waals surface area contributed by atoms with E-state index in [9.17, 15) is 26.8 Å². The average molecular weight is 558 g/mol. The van der Waals surface area contributed by atoms with E-state index in [4.69, 9.17) is 0 Å². The summed E-state index contributed by atoms with van der Waals surface area (Å²) < 4.78 is 53.4. The van der Waals surface area contributed by atoms with Gasteiger partial charge in [0.05, 0.1) is 11.9 Å². The lowest BCUT2D eigenvalue weighted by Crippen LogP contribution is -2.53. The van der Waals surface area contributed by atoms with Crippen LogP contribution >= 0.6 is 0 Å². The van der Waals surface area contributed by atoms with Gasteiger partial charge in [-0.25, -0.2) is 17.2 Å². The van der Waals surface area contributed by atoms with Crippen molar-refractivity contribution in [3.05, 3.63) is 102 Å². The Kier molecular flexibility index (Phi) is 10.2. The third kappa shape index (κ3) is 8.88. The number of nitrogens with one attached hydrogen (secondary N) is 1. The zero-order chi connectivity index (χ0) is 28.6.